The number of benzene rings is 1. The van der Waals surface area contributed by atoms with Gasteiger partial charge < -0.3 is 22.1 Å². The molecule has 0 spiro atoms. The number of carbonyl (C=O) groups excluding carboxylic acids is 2. The van der Waals surface area contributed by atoms with Crippen LogP contribution in [0, 0.1) is 5.92 Å². The van der Waals surface area contributed by atoms with Gasteiger partial charge in [-0.1, -0.05) is 12.1 Å². The Labute approximate surface area is 174 Å². The molecule has 8 nitrogen and oxygen atoms in total. The molecule has 1 saturated heterocycles. The number of hydrogen-bond donors (Lipinski definition) is 4. The summed E-state index contributed by atoms with van der Waals surface area (Å²) in [5.41, 5.74) is 11.5. The Hall–Kier alpha value is -2.52. The lowest BCUT2D eigenvalue weighted by Crippen LogP contribution is -2.42. The number of rotatable bonds is 9. The van der Waals surface area contributed by atoms with Crippen LogP contribution in [-0.2, 0) is 4.79 Å². The van der Waals surface area contributed by atoms with Crippen LogP contribution in [0.3, 0.4) is 0 Å². The van der Waals surface area contributed by atoms with Gasteiger partial charge in [0.05, 0.1) is 16.3 Å². The number of thiazole rings is 1. The molecular weight excluding hydrogens is 388 g/mol. The Bertz CT molecular complexity index is 838. The maximum absolute atomic E-state index is 13.1. The summed E-state index contributed by atoms with van der Waals surface area (Å²) in [6.07, 6.45) is 3.46. The predicted molar refractivity (Wildman–Crippen MR) is 116 cm³/mol. The van der Waals surface area contributed by atoms with Gasteiger partial charge in [0.15, 0.2) is 11.0 Å². The molecule has 1 amide bonds. The van der Waals surface area contributed by atoms with E-state index in [9.17, 15) is 9.59 Å². The summed E-state index contributed by atoms with van der Waals surface area (Å²) >= 11 is 1.35. The molecular formula is C20H28N6O2S. The molecule has 0 aliphatic carbocycles. The Kier molecular flexibility index (Phi) is 7.54. The molecule has 1 fully saturated rings. The minimum atomic E-state index is -0.626. The van der Waals surface area contributed by atoms with Crippen LogP contribution < -0.4 is 22.1 Å². The van der Waals surface area contributed by atoms with Crippen LogP contribution in [0.15, 0.2) is 29.3 Å². The second-order valence-corrected chi connectivity index (χ2v) is 8.35. The maximum Gasteiger partial charge on any atom is 0.220 e. The van der Waals surface area contributed by atoms with Gasteiger partial charge in [0.1, 0.15) is 0 Å². The van der Waals surface area contributed by atoms with Crippen LogP contribution in [0.5, 0.6) is 0 Å². The number of fused-ring (bicyclic) bond motifs is 1. The first-order valence-corrected chi connectivity index (χ1v) is 10.8. The topological polar surface area (TPSA) is 135 Å². The van der Waals surface area contributed by atoms with Crippen molar-refractivity contribution in [1.29, 1.82) is 0 Å². The summed E-state index contributed by atoms with van der Waals surface area (Å²) in [5.74, 6) is 0.137. The molecule has 1 unspecified atom stereocenters. The summed E-state index contributed by atoms with van der Waals surface area (Å²) in [5, 5.41) is 6.66. The highest BCUT2D eigenvalue weighted by atomic mass is 32.1. The summed E-state index contributed by atoms with van der Waals surface area (Å²) < 4.78 is 0.955. The third-order valence-corrected chi connectivity index (χ3v) is 6.09. The number of nitrogens with one attached hydrogen (secondary N) is 2. The zero-order valence-corrected chi connectivity index (χ0v) is 17.2. The highest BCUT2D eigenvalue weighted by Gasteiger charge is 2.26. The van der Waals surface area contributed by atoms with Gasteiger partial charge in [-0.15, -0.1) is 11.3 Å². The van der Waals surface area contributed by atoms with E-state index in [0.717, 1.165) is 36.1 Å². The molecule has 156 valence electrons. The lowest BCUT2D eigenvalue weighted by atomic mass is 9.94. The molecule has 2 heterocycles. The minimum absolute atomic E-state index is 0.0222. The zero-order valence-electron chi connectivity index (χ0n) is 16.4. The third-order valence-electron chi connectivity index (χ3n) is 5.03. The first-order valence-electron chi connectivity index (χ1n) is 9.98. The number of ketones is 1. The van der Waals surface area contributed by atoms with E-state index in [1.165, 1.54) is 11.3 Å². The zero-order chi connectivity index (χ0) is 20.6. The van der Waals surface area contributed by atoms with E-state index < -0.39 is 6.04 Å². The minimum Gasteiger partial charge on any atom is -0.370 e. The first-order chi connectivity index (χ1) is 14.0. The molecule has 1 aliphatic rings. The van der Waals surface area contributed by atoms with E-state index in [-0.39, 0.29) is 17.6 Å². The smallest absolute Gasteiger partial charge is 0.220 e. The number of para-hydroxylation sites is 1. The summed E-state index contributed by atoms with van der Waals surface area (Å²) in [4.78, 5) is 34.1. The lowest BCUT2D eigenvalue weighted by molar-refractivity contribution is -0.122. The van der Waals surface area contributed by atoms with Crippen molar-refractivity contribution < 1.29 is 9.59 Å². The molecule has 29 heavy (non-hydrogen) atoms. The molecule has 1 aliphatic heterocycles. The number of amides is 1. The number of nitrogens with zero attached hydrogens (tertiary/aromatic N) is 2. The molecule has 1 aromatic carbocycles. The number of aliphatic imine (C=N–C) groups is 1. The van der Waals surface area contributed by atoms with Crippen LogP contribution in [0.25, 0.3) is 10.2 Å². The van der Waals surface area contributed by atoms with Crippen molar-refractivity contribution in [2.75, 3.05) is 19.6 Å². The van der Waals surface area contributed by atoms with Crippen LogP contribution in [0.4, 0.5) is 0 Å². The number of hydrogen-bond acceptors (Lipinski definition) is 6. The van der Waals surface area contributed by atoms with Gasteiger partial charge >= 0.3 is 0 Å². The van der Waals surface area contributed by atoms with Crippen LogP contribution in [-0.4, -0.2) is 48.3 Å². The third kappa shape index (κ3) is 6.23. The molecule has 1 atom stereocenters. The standard InChI is InChI=1S/C20H28N6O2S/c21-20(22)24-9-3-5-15(25-17(27)12-13-7-10-23-11-8-13)18(28)19-26-14-4-1-2-6-16(14)29-19/h1-2,4,6,13,15,23H,3,5,7-12H2,(H,25,27)(H4,21,22,24). The average molecular weight is 417 g/mol. The van der Waals surface area contributed by atoms with Gasteiger partial charge in [-0.3, -0.25) is 14.6 Å². The van der Waals surface area contributed by atoms with Crippen molar-refractivity contribution in [3.8, 4) is 0 Å². The Morgan fingerprint density at radius 1 is 1.28 bits per heavy atom. The molecule has 6 N–H and O–H groups in total. The summed E-state index contributed by atoms with van der Waals surface area (Å²) in [6.45, 7) is 2.28. The van der Waals surface area contributed by atoms with Crippen molar-refractivity contribution in [2.24, 2.45) is 22.4 Å². The largest absolute Gasteiger partial charge is 0.370 e. The molecule has 2 aromatic rings. The van der Waals surface area contributed by atoms with Gasteiger partial charge in [-0.2, -0.15) is 0 Å². The number of guanidine groups is 1. The van der Waals surface area contributed by atoms with Gasteiger partial charge in [0, 0.05) is 13.0 Å². The second kappa shape index (κ2) is 10.3. The maximum atomic E-state index is 13.1. The van der Waals surface area contributed by atoms with Gasteiger partial charge in [-0.05, 0) is 56.8 Å². The summed E-state index contributed by atoms with van der Waals surface area (Å²) in [7, 11) is 0. The van der Waals surface area contributed by atoms with Crippen molar-refractivity contribution >= 4 is 39.2 Å². The fraction of sp³-hybridized carbons (Fsp3) is 0.500. The fourth-order valence-electron chi connectivity index (χ4n) is 3.50. The number of piperidine rings is 1. The van der Waals surface area contributed by atoms with Crippen LogP contribution in [0.2, 0.25) is 0 Å². The van der Waals surface area contributed by atoms with Gasteiger partial charge in [-0.25, -0.2) is 4.98 Å². The molecule has 0 radical (unpaired) electrons. The Morgan fingerprint density at radius 3 is 2.76 bits per heavy atom. The van der Waals surface area contributed by atoms with Crippen molar-refractivity contribution in [1.82, 2.24) is 15.6 Å². The molecule has 0 bridgehead atoms. The molecule has 1 aromatic heterocycles. The molecule has 3 rings (SSSR count). The van der Waals surface area contributed by atoms with E-state index in [2.05, 4.69) is 20.6 Å². The monoisotopic (exact) mass is 416 g/mol. The van der Waals surface area contributed by atoms with Crippen molar-refractivity contribution in [3.05, 3.63) is 29.3 Å². The average Bonchev–Trinajstić information content (AvgIpc) is 3.14. The normalized spacial score (nSPS) is 15.7. The second-order valence-electron chi connectivity index (χ2n) is 7.32. The Balaban J connectivity index is 1.67. The SMILES string of the molecule is NC(N)=NCCCC(NC(=O)CC1CCNCC1)C(=O)c1nc2ccccc2s1. The molecule has 0 saturated carbocycles. The highest BCUT2D eigenvalue weighted by molar-refractivity contribution is 7.20. The highest BCUT2D eigenvalue weighted by Crippen LogP contribution is 2.23. The quantitative estimate of drug-likeness (QED) is 0.211. The van der Waals surface area contributed by atoms with Gasteiger partial charge in [0.2, 0.25) is 11.7 Å². The first kappa shape index (κ1) is 21.2. The van der Waals surface area contributed by atoms with Crippen LogP contribution >= 0.6 is 11.3 Å². The van der Waals surface area contributed by atoms with E-state index in [1.807, 2.05) is 24.3 Å². The lowest BCUT2D eigenvalue weighted by Gasteiger charge is -2.23. The molecule has 9 heteroatoms. The predicted octanol–water partition coefficient (Wildman–Crippen LogP) is 1.41. The van der Waals surface area contributed by atoms with Gasteiger partial charge in [0.25, 0.3) is 0 Å². The number of nitrogens with two attached hydrogens (primary N) is 2. The fourth-order valence-corrected chi connectivity index (χ4v) is 4.46. The van der Waals surface area contributed by atoms with Crippen molar-refractivity contribution in [3.63, 3.8) is 0 Å². The van der Waals surface area contributed by atoms with Crippen LogP contribution in [0.1, 0.15) is 41.9 Å². The van der Waals surface area contributed by atoms with E-state index in [1.54, 1.807) is 0 Å². The Morgan fingerprint density at radius 2 is 2.03 bits per heavy atom. The van der Waals surface area contributed by atoms with Crippen molar-refractivity contribution in [2.45, 2.75) is 38.1 Å². The number of Topliss-reactive ketones (excluding diaryl/α,β-unsaturated/α-hetero) is 1. The number of aromatic nitrogens is 1. The van der Waals surface area contributed by atoms with E-state index in [0.29, 0.717) is 36.7 Å². The van der Waals surface area contributed by atoms with E-state index in [4.69, 9.17) is 11.5 Å². The number of carbonyl (C=O) groups is 2. The van der Waals surface area contributed by atoms with E-state index >= 15 is 0 Å². The summed E-state index contributed by atoms with van der Waals surface area (Å²) in [6, 6.07) is 7.00.